The molecule has 33 heavy (non-hydrogen) atoms. The molecule has 0 spiro atoms. The first-order valence-electron chi connectivity index (χ1n) is 11.6. The van der Waals surface area contributed by atoms with E-state index in [1.807, 2.05) is 31.2 Å². The van der Waals surface area contributed by atoms with Crippen molar-refractivity contribution < 1.29 is 19.4 Å². The second-order valence-electron chi connectivity index (χ2n) is 8.30. The van der Waals surface area contributed by atoms with E-state index in [-0.39, 0.29) is 0 Å². The van der Waals surface area contributed by atoms with Crippen molar-refractivity contribution in [3.05, 3.63) is 89.5 Å². The van der Waals surface area contributed by atoms with E-state index in [2.05, 4.69) is 53.4 Å². The molecule has 0 fully saturated rings. The average Bonchev–Trinajstić information content (AvgIpc) is 3.00. The van der Waals surface area contributed by atoms with Crippen LogP contribution in [0.25, 0.3) is 0 Å². The fourth-order valence-corrected chi connectivity index (χ4v) is 4.28. The molecule has 5 heteroatoms. The van der Waals surface area contributed by atoms with Gasteiger partial charge in [-0.15, -0.1) is 0 Å². The smallest absolute Gasteiger partial charge is 0.333 e. The zero-order valence-corrected chi connectivity index (χ0v) is 19.1. The van der Waals surface area contributed by atoms with Gasteiger partial charge >= 0.3 is 5.97 Å². The van der Waals surface area contributed by atoms with Crippen LogP contribution in [0.2, 0.25) is 0 Å². The van der Waals surface area contributed by atoms with Crippen molar-refractivity contribution in [3.8, 4) is 5.75 Å². The highest BCUT2D eigenvalue weighted by Crippen LogP contribution is 2.35. The van der Waals surface area contributed by atoms with Crippen molar-refractivity contribution in [2.75, 3.05) is 24.7 Å². The number of carboxylic acid groups (broad SMARTS) is 1. The summed E-state index contributed by atoms with van der Waals surface area (Å²) in [6.45, 7) is 3.69. The van der Waals surface area contributed by atoms with Gasteiger partial charge in [0.15, 0.2) is 6.10 Å². The molecule has 3 aromatic rings. The molecule has 172 valence electrons. The van der Waals surface area contributed by atoms with Crippen molar-refractivity contribution in [1.29, 1.82) is 0 Å². The highest BCUT2D eigenvalue weighted by molar-refractivity contribution is 5.73. The van der Waals surface area contributed by atoms with Crippen molar-refractivity contribution in [3.63, 3.8) is 0 Å². The molecule has 0 saturated carbocycles. The van der Waals surface area contributed by atoms with Crippen molar-refractivity contribution in [2.24, 2.45) is 0 Å². The van der Waals surface area contributed by atoms with Crippen molar-refractivity contribution in [2.45, 2.75) is 38.7 Å². The highest BCUT2D eigenvalue weighted by Gasteiger charge is 2.20. The molecule has 1 atom stereocenters. The standard InChI is InChI=1S/C28H31NO4/c1-2-18-33-27(28(30)31)20-21-11-15-24(16-12-21)32-19-17-29-25-9-5-3-7-22(25)13-14-23-8-4-6-10-26(23)29/h3-12,15-16,27H,2,13-14,17-20H2,1H3,(H,30,31). The summed E-state index contributed by atoms with van der Waals surface area (Å²) >= 11 is 0. The molecule has 1 unspecified atom stereocenters. The monoisotopic (exact) mass is 445 g/mol. The van der Waals surface area contributed by atoms with Crippen LogP contribution in [0.3, 0.4) is 0 Å². The maximum Gasteiger partial charge on any atom is 0.333 e. The predicted molar refractivity (Wildman–Crippen MR) is 131 cm³/mol. The molecule has 0 bridgehead atoms. The third kappa shape index (κ3) is 5.74. The first kappa shape index (κ1) is 22.9. The number of fused-ring (bicyclic) bond motifs is 2. The molecule has 0 amide bonds. The molecule has 0 aromatic heterocycles. The molecule has 1 heterocycles. The lowest BCUT2D eigenvalue weighted by molar-refractivity contribution is -0.150. The first-order chi connectivity index (χ1) is 16.2. The lowest BCUT2D eigenvalue weighted by Crippen LogP contribution is -2.26. The number of benzene rings is 3. The highest BCUT2D eigenvalue weighted by atomic mass is 16.5. The van der Waals surface area contributed by atoms with E-state index >= 15 is 0 Å². The third-order valence-corrected chi connectivity index (χ3v) is 5.96. The molecule has 1 aliphatic rings. The fourth-order valence-electron chi connectivity index (χ4n) is 4.28. The van der Waals surface area contributed by atoms with Crippen LogP contribution in [0.4, 0.5) is 11.4 Å². The van der Waals surface area contributed by atoms with E-state index in [9.17, 15) is 9.90 Å². The van der Waals surface area contributed by atoms with E-state index < -0.39 is 12.1 Å². The summed E-state index contributed by atoms with van der Waals surface area (Å²) in [6.07, 6.45) is 2.38. The topological polar surface area (TPSA) is 59.0 Å². The normalized spacial score (nSPS) is 13.5. The molecule has 4 rings (SSSR count). The van der Waals surface area contributed by atoms with Crippen LogP contribution in [-0.2, 0) is 28.8 Å². The Bertz CT molecular complexity index is 1020. The summed E-state index contributed by atoms with van der Waals surface area (Å²) in [5, 5.41) is 9.36. The Morgan fingerprint density at radius 3 is 2.09 bits per heavy atom. The Morgan fingerprint density at radius 1 is 0.909 bits per heavy atom. The Morgan fingerprint density at radius 2 is 1.52 bits per heavy atom. The second-order valence-corrected chi connectivity index (χ2v) is 8.30. The summed E-state index contributed by atoms with van der Waals surface area (Å²) < 4.78 is 11.5. The van der Waals surface area contributed by atoms with Gasteiger partial charge in [0.1, 0.15) is 12.4 Å². The average molecular weight is 446 g/mol. The Hall–Kier alpha value is -3.31. The van der Waals surface area contributed by atoms with Gasteiger partial charge in [-0.3, -0.25) is 0 Å². The molecule has 0 aliphatic carbocycles. The van der Waals surface area contributed by atoms with Gasteiger partial charge in [0, 0.05) is 24.4 Å². The maximum atomic E-state index is 11.4. The number of para-hydroxylation sites is 2. The first-order valence-corrected chi connectivity index (χ1v) is 11.6. The minimum Gasteiger partial charge on any atom is -0.492 e. The number of anilines is 2. The van der Waals surface area contributed by atoms with Gasteiger partial charge in [0.25, 0.3) is 0 Å². The summed E-state index contributed by atoms with van der Waals surface area (Å²) in [6, 6.07) is 24.8. The van der Waals surface area contributed by atoms with Gasteiger partial charge in [-0.2, -0.15) is 0 Å². The van der Waals surface area contributed by atoms with E-state index in [4.69, 9.17) is 9.47 Å². The van der Waals surface area contributed by atoms with Crippen LogP contribution in [0.5, 0.6) is 5.75 Å². The minimum absolute atomic E-state index is 0.344. The minimum atomic E-state index is -0.929. The van der Waals surface area contributed by atoms with Gasteiger partial charge < -0.3 is 19.5 Å². The van der Waals surface area contributed by atoms with E-state index in [0.29, 0.717) is 19.6 Å². The number of nitrogens with zero attached hydrogens (tertiary/aromatic N) is 1. The van der Waals surface area contributed by atoms with Gasteiger partial charge in [0.2, 0.25) is 0 Å². The van der Waals surface area contributed by atoms with E-state index in [1.165, 1.54) is 22.5 Å². The van der Waals surface area contributed by atoms with Crippen LogP contribution in [0.1, 0.15) is 30.0 Å². The molecule has 0 radical (unpaired) electrons. The Kier molecular flexibility index (Phi) is 7.63. The van der Waals surface area contributed by atoms with Crippen LogP contribution in [0, 0.1) is 0 Å². The van der Waals surface area contributed by atoms with E-state index in [0.717, 1.165) is 37.1 Å². The Labute approximate surface area is 195 Å². The number of hydrogen-bond donors (Lipinski definition) is 1. The number of aryl methyl sites for hydroxylation is 2. The quantitative estimate of drug-likeness (QED) is 0.451. The molecule has 1 aliphatic heterocycles. The van der Waals surface area contributed by atoms with Crippen LogP contribution in [-0.4, -0.2) is 36.9 Å². The summed E-state index contributed by atoms with van der Waals surface area (Å²) in [7, 11) is 0. The number of rotatable bonds is 10. The molecule has 5 nitrogen and oxygen atoms in total. The second kappa shape index (κ2) is 11.0. The number of aliphatic carboxylic acids is 1. The molecular formula is C28H31NO4. The van der Waals surface area contributed by atoms with Gasteiger partial charge in [-0.1, -0.05) is 55.5 Å². The number of carbonyl (C=O) groups is 1. The van der Waals surface area contributed by atoms with Crippen LogP contribution in [0.15, 0.2) is 72.8 Å². The Balaban J connectivity index is 1.40. The summed E-state index contributed by atoms with van der Waals surface area (Å²) in [4.78, 5) is 13.8. The largest absolute Gasteiger partial charge is 0.492 e. The number of carboxylic acids is 1. The fraction of sp³-hybridized carbons (Fsp3) is 0.321. The summed E-state index contributed by atoms with van der Waals surface area (Å²) in [5.74, 6) is -0.154. The zero-order valence-electron chi connectivity index (χ0n) is 19.1. The zero-order chi connectivity index (χ0) is 23.0. The van der Waals surface area contributed by atoms with Crippen molar-refractivity contribution in [1.82, 2.24) is 0 Å². The molecule has 1 N–H and O–H groups in total. The third-order valence-electron chi connectivity index (χ3n) is 5.96. The van der Waals surface area contributed by atoms with Crippen LogP contribution >= 0.6 is 0 Å². The number of hydrogen-bond acceptors (Lipinski definition) is 4. The lowest BCUT2D eigenvalue weighted by Gasteiger charge is -2.27. The van der Waals surface area contributed by atoms with Crippen molar-refractivity contribution >= 4 is 17.3 Å². The predicted octanol–water partition coefficient (Wildman–Crippen LogP) is 5.42. The van der Waals surface area contributed by atoms with Crippen LogP contribution < -0.4 is 9.64 Å². The molecular weight excluding hydrogens is 414 g/mol. The maximum absolute atomic E-state index is 11.4. The number of ether oxygens (including phenoxy) is 2. The molecule has 0 saturated heterocycles. The SMILES string of the molecule is CCCOC(Cc1ccc(OCCN2c3ccccc3CCc3ccccc32)cc1)C(=O)O. The lowest BCUT2D eigenvalue weighted by atomic mass is 10.0. The van der Waals surface area contributed by atoms with Gasteiger partial charge in [-0.25, -0.2) is 4.79 Å². The molecule has 3 aromatic carbocycles. The van der Waals surface area contributed by atoms with E-state index in [1.54, 1.807) is 0 Å². The van der Waals surface area contributed by atoms with Gasteiger partial charge in [0.05, 0.1) is 6.54 Å². The van der Waals surface area contributed by atoms with Gasteiger partial charge in [-0.05, 0) is 60.2 Å². The summed E-state index contributed by atoms with van der Waals surface area (Å²) in [5.41, 5.74) is 6.12.